The van der Waals surface area contributed by atoms with Gasteiger partial charge in [-0.25, -0.2) is 4.98 Å². The van der Waals surface area contributed by atoms with Crippen LogP contribution in [0.4, 0.5) is 5.82 Å². The second kappa shape index (κ2) is 12.9. The van der Waals surface area contributed by atoms with Crippen molar-refractivity contribution in [3.63, 3.8) is 0 Å². The van der Waals surface area contributed by atoms with E-state index in [-0.39, 0.29) is 29.9 Å². The number of hydrogen-bond donors (Lipinski definition) is 2. The summed E-state index contributed by atoms with van der Waals surface area (Å²) in [7, 11) is 1.81. The Bertz CT molecular complexity index is 627. The Hall–Kier alpha value is -1.58. The summed E-state index contributed by atoms with van der Waals surface area (Å²) in [5.74, 6) is 2.71. The highest BCUT2D eigenvalue weighted by atomic mass is 127. The molecule has 7 nitrogen and oxygen atoms in total. The molecule has 2 N–H and O–H groups in total. The van der Waals surface area contributed by atoms with E-state index in [0.717, 1.165) is 38.0 Å². The molecule has 1 aromatic rings. The number of anilines is 1. The van der Waals surface area contributed by atoms with Crippen molar-refractivity contribution < 1.29 is 4.79 Å². The van der Waals surface area contributed by atoms with Crippen LogP contribution < -0.4 is 15.5 Å². The Morgan fingerprint density at radius 1 is 1.10 bits per heavy atom. The zero-order valence-corrected chi connectivity index (χ0v) is 19.8. The number of pyridine rings is 1. The Morgan fingerprint density at radius 3 is 2.48 bits per heavy atom. The highest BCUT2D eigenvalue weighted by Gasteiger charge is 2.20. The number of carbonyl (C=O) groups is 1. The number of hydrogen-bond acceptors (Lipinski definition) is 4. The highest BCUT2D eigenvalue weighted by Crippen LogP contribution is 2.25. The van der Waals surface area contributed by atoms with Crippen molar-refractivity contribution in [1.29, 1.82) is 0 Å². The number of guanidine groups is 1. The summed E-state index contributed by atoms with van der Waals surface area (Å²) in [6.45, 7) is 5.00. The van der Waals surface area contributed by atoms with Gasteiger partial charge in [0.05, 0.1) is 0 Å². The third-order valence-electron chi connectivity index (χ3n) is 5.69. The van der Waals surface area contributed by atoms with Gasteiger partial charge in [-0.1, -0.05) is 25.3 Å². The zero-order valence-electron chi connectivity index (χ0n) is 17.5. The van der Waals surface area contributed by atoms with E-state index in [2.05, 4.69) is 36.5 Å². The lowest BCUT2D eigenvalue weighted by Crippen LogP contribution is -2.53. The van der Waals surface area contributed by atoms with Crippen LogP contribution in [-0.4, -0.2) is 68.1 Å². The van der Waals surface area contributed by atoms with Gasteiger partial charge in [-0.05, 0) is 30.9 Å². The first kappa shape index (κ1) is 23.7. The molecule has 1 aliphatic heterocycles. The Kier molecular flexibility index (Phi) is 10.5. The largest absolute Gasteiger partial charge is 0.354 e. The van der Waals surface area contributed by atoms with Crippen LogP contribution >= 0.6 is 24.0 Å². The Morgan fingerprint density at radius 2 is 1.83 bits per heavy atom. The van der Waals surface area contributed by atoms with Crippen molar-refractivity contribution in [3.05, 3.63) is 24.4 Å². The molecular weight excluding hydrogens is 479 g/mol. The van der Waals surface area contributed by atoms with Crippen LogP contribution in [0.2, 0.25) is 0 Å². The average molecular weight is 514 g/mol. The summed E-state index contributed by atoms with van der Waals surface area (Å²) in [6.07, 6.45) is 8.84. The number of aliphatic imine (C=N–C) groups is 1. The molecule has 1 saturated carbocycles. The van der Waals surface area contributed by atoms with Gasteiger partial charge >= 0.3 is 0 Å². The van der Waals surface area contributed by atoms with Gasteiger partial charge in [0.2, 0.25) is 5.91 Å². The molecule has 1 aromatic heterocycles. The maximum atomic E-state index is 12.1. The summed E-state index contributed by atoms with van der Waals surface area (Å²) in [5, 5.41) is 6.43. The molecule has 8 heteroatoms. The molecule has 2 aliphatic rings. The number of piperazine rings is 1. The number of nitrogens with one attached hydrogen (secondary N) is 2. The van der Waals surface area contributed by atoms with Crippen molar-refractivity contribution >= 4 is 41.7 Å². The van der Waals surface area contributed by atoms with Crippen LogP contribution in [0.15, 0.2) is 29.4 Å². The van der Waals surface area contributed by atoms with Gasteiger partial charge < -0.3 is 20.4 Å². The number of carbonyl (C=O) groups excluding carboxylic acids is 1. The Balaban J connectivity index is 0.00000300. The smallest absolute Gasteiger partial charge is 0.220 e. The quantitative estimate of drug-likeness (QED) is 0.264. The maximum absolute atomic E-state index is 12.1. The second-order valence-corrected chi connectivity index (χ2v) is 7.69. The molecule has 0 bridgehead atoms. The standard InChI is InChI=1S/C21H34N6O.HI/c1-22-21(25-12-11-24-20(28)17-18-7-3-2-4-8-18)27-15-13-26(14-16-27)19-9-5-6-10-23-19;/h5-6,9-10,18H,2-4,7-8,11-17H2,1H3,(H,22,25)(H,24,28);1H. The van der Waals surface area contributed by atoms with Crippen molar-refractivity contribution in [2.24, 2.45) is 10.9 Å². The van der Waals surface area contributed by atoms with E-state index < -0.39 is 0 Å². The van der Waals surface area contributed by atoms with Crippen molar-refractivity contribution in [2.45, 2.75) is 38.5 Å². The van der Waals surface area contributed by atoms with E-state index in [0.29, 0.717) is 25.4 Å². The normalized spacial score (nSPS) is 18.2. The van der Waals surface area contributed by atoms with Crippen LogP contribution in [0.5, 0.6) is 0 Å². The van der Waals surface area contributed by atoms with Gasteiger partial charge in [0.1, 0.15) is 5.82 Å². The molecule has 1 saturated heterocycles. The monoisotopic (exact) mass is 514 g/mol. The highest BCUT2D eigenvalue weighted by molar-refractivity contribution is 14.0. The van der Waals surface area contributed by atoms with Gasteiger partial charge in [0.25, 0.3) is 0 Å². The minimum Gasteiger partial charge on any atom is -0.354 e. The number of nitrogens with zero attached hydrogens (tertiary/aromatic N) is 4. The van der Waals surface area contributed by atoms with Gasteiger partial charge in [-0.3, -0.25) is 9.79 Å². The third kappa shape index (κ3) is 7.64. The van der Waals surface area contributed by atoms with Gasteiger partial charge in [-0.2, -0.15) is 0 Å². The van der Waals surface area contributed by atoms with Crippen molar-refractivity contribution in [3.8, 4) is 0 Å². The minimum absolute atomic E-state index is 0. The number of rotatable bonds is 6. The first-order valence-electron chi connectivity index (χ1n) is 10.6. The lowest BCUT2D eigenvalue weighted by atomic mass is 9.87. The lowest BCUT2D eigenvalue weighted by molar-refractivity contribution is -0.122. The summed E-state index contributed by atoms with van der Waals surface area (Å²) in [5.41, 5.74) is 0. The molecule has 0 radical (unpaired) electrons. The SMILES string of the molecule is CN=C(NCCNC(=O)CC1CCCCC1)N1CCN(c2ccccn2)CC1.I. The molecular formula is C21H35IN6O. The van der Waals surface area contributed by atoms with Crippen LogP contribution in [0.3, 0.4) is 0 Å². The molecule has 3 rings (SSSR count). The minimum atomic E-state index is 0. The fourth-order valence-electron chi connectivity index (χ4n) is 4.12. The molecule has 162 valence electrons. The molecule has 0 aromatic carbocycles. The molecule has 2 heterocycles. The predicted molar refractivity (Wildman–Crippen MR) is 129 cm³/mol. The van der Waals surface area contributed by atoms with Gasteiger partial charge in [0, 0.05) is 58.9 Å². The molecule has 1 amide bonds. The molecule has 1 aliphatic carbocycles. The molecule has 0 spiro atoms. The van der Waals surface area contributed by atoms with Crippen LogP contribution in [0, 0.1) is 5.92 Å². The summed E-state index contributed by atoms with van der Waals surface area (Å²) in [6, 6.07) is 6.02. The summed E-state index contributed by atoms with van der Waals surface area (Å²) < 4.78 is 0. The van der Waals surface area contributed by atoms with Crippen molar-refractivity contribution in [1.82, 2.24) is 20.5 Å². The van der Waals surface area contributed by atoms with Crippen LogP contribution in [0.25, 0.3) is 0 Å². The molecule has 29 heavy (non-hydrogen) atoms. The molecule has 0 unspecified atom stereocenters. The van der Waals surface area contributed by atoms with Crippen LogP contribution in [0.1, 0.15) is 38.5 Å². The van der Waals surface area contributed by atoms with E-state index in [1.807, 2.05) is 25.4 Å². The van der Waals surface area contributed by atoms with E-state index >= 15 is 0 Å². The summed E-state index contributed by atoms with van der Waals surface area (Å²) >= 11 is 0. The maximum Gasteiger partial charge on any atom is 0.220 e. The average Bonchev–Trinajstić information content (AvgIpc) is 2.75. The third-order valence-corrected chi connectivity index (χ3v) is 5.69. The fraction of sp³-hybridized carbons (Fsp3) is 0.667. The van der Waals surface area contributed by atoms with Gasteiger partial charge in [-0.15, -0.1) is 24.0 Å². The number of halogens is 1. The zero-order chi connectivity index (χ0) is 19.6. The van der Waals surface area contributed by atoms with Crippen LogP contribution in [-0.2, 0) is 4.79 Å². The topological polar surface area (TPSA) is 72.9 Å². The van der Waals surface area contributed by atoms with Gasteiger partial charge in [0.15, 0.2) is 5.96 Å². The fourth-order valence-corrected chi connectivity index (χ4v) is 4.12. The number of amides is 1. The van der Waals surface area contributed by atoms with E-state index in [1.54, 1.807) is 0 Å². The molecule has 0 atom stereocenters. The van der Waals surface area contributed by atoms with E-state index in [9.17, 15) is 4.79 Å². The predicted octanol–water partition coefficient (Wildman–Crippen LogP) is 2.48. The lowest BCUT2D eigenvalue weighted by Gasteiger charge is -2.37. The van der Waals surface area contributed by atoms with E-state index in [1.165, 1.54) is 32.1 Å². The Labute approximate surface area is 191 Å². The van der Waals surface area contributed by atoms with E-state index in [4.69, 9.17) is 0 Å². The summed E-state index contributed by atoms with van der Waals surface area (Å²) in [4.78, 5) is 25.5. The number of aromatic nitrogens is 1. The first-order chi connectivity index (χ1) is 13.8. The first-order valence-corrected chi connectivity index (χ1v) is 10.6. The van der Waals surface area contributed by atoms with Crippen molar-refractivity contribution in [2.75, 3.05) is 51.2 Å². The molecule has 2 fully saturated rings. The second-order valence-electron chi connectivity index (χ2n) is 7.69.